The fourth-order valence-electron chi connectivity index (χ4n) is 2.54. The summed E-state index contributed by atoms with van der Waals surface area (Å²) in [4.78, 5) is 11.8. The highest BCUT2D eigenvalue weighted by atomic mass is 35.5. The second-order valence-electron chi connectivity index (χ2n) is 6.01. The topological polar surface area (TPSA) is 81.7 Å². The molecule has 0 bridgehead atoms. The average Bonchev–Trinajstić information content (AvgIpc) is 2.63. The normalized spacial score (nSPS) is 12.5. The van der Waals surface area contributed by atoms with Crippen molar-refractivity contribution in [1.29, 1.82) is 0 Å². The molecule has 0 heterocycles. The van der Waals surface area contributed by atoms with E-state index in [-0.39, 0.29) is 33.7 Å². The Morgan fingerprint density at radius 1 is 1.14 bits per heavy atom. The smallest absolute Gasteiger partial charge is 0.307 e. The van der Waals surface area contributed by atoms with Gasteiger partial charge in [-0.1, -0.05) is 53.0 Å². The maximum Gasteiger partial charge on any atom is 0.307 e. The molecule has 1 unspecified atom stereocenters. The van der Waals surface area contributed by atoms with Crippen molar-refractivity contribution in [3.63, 3.8) is 0 Å². The lowest BCUT2D eigenvalue weighted by atomic mass is 10.0. The second kappa shape index (κ2) is 9.60. The number of hydrogen-bond donors (Lipinski definition) is 1. The number of sulfonamides is 1. The zero-order valence-electron chi connectivity index (χ0n) is 15.7. The summed E-state index contributed by atoms with van der Waals surface area (Å²) in [5.41, 5.74) is 1.63. The highest BCUT2D eigenvalue weighted by molar-refractivity contribution is 7.89. The SMILES string of the molecule is CCOC(=O)CC(NS(=O)(=O)c1cc(Cl)c(OC)cc1Cl)c1ccc(C)cc1. The van der Waals surface area contributed by atoms with Crippen molar-refractivity contribution < 1.29 is 22.7 Å². The van der Waals surface area contributed by atoms with Crippen molar-refractivity contribution in [2.75, 3.05) is 13.7 Å². The van der Waals surface area contributed by atoms with Crippen LogP contribution in [0.1, 0.15) is 30.5 Å². The predicted molar refractivity (Wildman–Crippen MR) is 109 cm³/mol. The number of ether oxygens (including phenoxy) is 2. The van der Waals surface area contributed by atoms with E-state index in [0.717, 1.165) is 5.56 Å². The third-order valence-corrected chi connectivity index (χ3v) is 6.18. The van der Waals surface area contributed by atoms with Gasteiger partial charge in [-0.3, -0.25) is 4.79 Å². The van der Waals surface area contributed by atoms with Gasteiger partial charge in [0.05, 0.1) is 36.2 Å². The Morgan fingerprint density at radius 2 is 1.79 bits per heavy atom. The lowest BCUT2D eigenvalue weighted by Crippen LogP contribution is -2.31. The van der Waals surface area contributed by atoms with E-state index in [4.69, 9.17) is 32.7 Å². The van der Waals surface area contributed by atoms with Crippen molar-refractivity contribution in [3.05, 3.63) is 57.6 Å². The molecule has 0 aromatic heterocycles. The molecule has 1 atom stereocenters. The monoisotopic (exact) mass is 445 g/mol. The first-order chi connectivity index (χ1) is 13.2. The third-order valence-electron chi connectivity index (χ3n) is 3.95. The van der Waals surface area contributed by atoms with Crippen LogP contribution < -0.4 is 9.46 Å². The van der Waals surface area contributed by atoms with Gasteiger partial charge < -0.3 is 9.47 Å². The molecule has 0 radical (unpaired) electrons. The zero-order valence-corrected chi connectivity index (χ0v) is 18.0. The Kier molecular flexibility index (Phi) is 7.71. The van der Waals surface area contributed by atoms with Crippen LogP contribution in [0.2, 0.25) is 10.0 Å². The van der Waals surface area contributed by atoms with Crippen molar-refractivity contribution >= 4 is 39.2 Å². The molecule has 2 rings (SSSR count). The van der Waals surface area contributed by atoms with Crippen molar-refractivity contribution in [1.82, 2.24) is 4.72 Å². The van der Waals surface area contributed by atoms with E-state index >= 15 is 0 Å². The van der Waals surface area contributed by atoms with Crippen LogP contribution in [0.5, 0.6) is 5.75 Å². The van der Waals surface area contributed by atoms with Crippen LogP contribution in [0, 0.1) is 6.92 Å². The van der Waals surface area contributed by atoms with E-state index in [1.807, 2.05) is 19.1 Å². The van der Waals surface area contributed by atoms with Crippen molar-refractivity contribution in [3.8, 4) is 5.75 Å². The van der Waals surface area contributed by atoms with Crippen LogP contribution >= 0.6 is 23.2 Å². The molecular formula is C19H21Cl2NO5S. The minimum absolute atomic E-state index is 0.0486. The number of esters is 1. The number of halogens is 2. The molecule has 9 heteroatoms. The molecule has 0 aliphatic carbocycles. The maximum atomic E-state index is 12.9. The highest BCUT2D eigenvalue weighted by Crippen LogP contribution is 2.34. The number of hydrogen-bond acceptors (Lipinski definition) is 5. The van der Waals surface area contributed by atoms with Gasteiger partial charge in [-0.05, 0) is 25.5 Å². The predicted octanol–water partition coefficient (Wildman–Crippen LogP) is 4.28. The van der Waals surface area contributed by atoms with Gasteiger partial charge in [0.1, 0.15) is 10.6 Å². The van der Waals surface area contributed by atoms with Crippen LogP contribution in [0.25, 0.3) is 0 Å². The number of aryl methyl sites for hydroxylation is 1. The number of nitrogens with one attached hydrogen (secondary N) is 1. The van der Waals surface area contributed by atoms with Gasteiger partial charge in [0.2, 0.25) is 10.0 Å². The molecule has 28 heavy (non-hydrogen) atoms. The van der Waals surface area contributed by atoms with Gasteiger partial charge in [0.15, 0.2) is 0 Å². The van der Waals surface area contributed by atoms with Gasteiger partial charge in [-0.25, -0.2) is 13.1 Å². The van der Waals surface area contributed by atoms with E-state index in [1.54, 1.807) is 19.1 Å². The van der Waals surface area contributed by atoms with Gasteiger partial charge in [0.25, 0.3) is 0 Å². The lowest BCUT2D eigenvalue weighted by Gasteiger charge is -2.19. The molecule has 0 saturated carbocycles. The maximum absolute atomic E-state index is 12.9. The van der Waals surface area contributed by atoms with Crippen molar-refractivity contribution in [2.45, 2.75) is 31.2 Å². The Balaban J connectivity index is 2.40. The fraction of sp³-hybridized carbons (Fsp3) is 0.316. The fourth-order valence-corrected chi connectivity index (χ4v) is 4.61. The summed E-state index contributed by atoms with van der Waals surface area (Å²) in [6.45, 7) is 3.79. The highest BCUT2D eigenvalue weighted by Gasteiger charge is 2.27. The number of benzene rings is 2. The summed E-state index contributed by atoms with van der Waals surface area (Å²) in [6.07, 6.45) is -0.169. The van der Waals surface area contributed by atoms with Crippen LogP contribution in [-0.2, 0) is 19.6 Å². The molecular weight excluding hydrogens is 425 g/mol. The Labute approximate surface area is 174 Å². The average molecular weight is 446 g/mol. The lowest BCUT2D eigenvalue weighted by molar-refractivity contribution is -0.143. The molecule has 0 aliphatic heterocycles. The summed E-state index contributed by atoms with van der Waals surface area (Å²) in [5.74, 6) is -0.262. The Morgan fingerprint density at radius 3 is 2.36 bits per heavy atom. The molecule has 1 N–H and O–H groups in total. The van der Waals surface area contributed by atoms with Crippen LogP contribution in [0.4, 0.5) is 0 Å². The van der Waals surface area contributed by atoms with Crippen LogP contribution in [0.15, 0.2) is 41.3 Å². The van der Waals surface area contributed by atoms with Gasteiger partial charge in [0, 0.05) is 6.07 Å². The van der Waals surface area contributed by atoms with Crippen molar-refractivity contribution in [2.24, 2.45) is 0 Å². The molecule has 6 nitrogen and oxygen atoms in total. The number of methoxy groups -OCH3 is 1. The first kappa shape index (κ1) is 22.5. The zero-order chi connectivity index (χ0) is 20.9. The van der Waals surface area contributed by atoms with Gasteiger partial charge in [-0.15, -0.1) is 0 Å². The number of carbonyl (C=O) groups excluding carboxylic acids is 1. The third kappa shape index (κ3) is 5.61. The summed E-state index contributed by atoms with van der Waals surface area (Å²) in [5, 5.41) is 0.0529. The minimum Gasteiger partial charge on any atom is -0.495 e. The quantitative estimate of drug-likeness (QED) is 0.612. The standard InChI is InChI=1S/C19H21Cl2NO5S/c1-4-27-19(23)11-16(13-7-5-12(2)6-8-13)22-28(24,25)18-10-14(20)17(26-3)9-15(18)21/h5-10,16,22H,4,11H2,1-3H3. The molecule has 0 aliphatic rings. The molecule has 152 valence electrons. The second-order valence-corrected chi connectivity index (χ2v) is 8.51. The summed E-state index contributed by atoms with van der Waals surface area (Å²) < 4.78 is 38.4. The summed E-state index contributed by atoms with van der Waals surface area (Å²) >= 11 is 12.2. The first-order valence-electron chi connectivity index (χ1n) is 8.45. The molecule has 0 fully saturated rings. The minimum atomic E-state index is -4.09. The van der Waals surface area contributed by atoms with E-state index in [0.29, 0.717) is 5.56 Å². The molecule has 0 spiro atoms. The molecule has 0 amide bonds. The van der Waals surface area contributed by atoms with E-state index in [2.05, 4.69) is 4.72 Å². The number of rotatable bonds is 8. The van der Waals surface area contributed by atoms with Crippen LogP contribution in [0.3, 0.4) is 0 Å². The molecule has 2 aromatic rings. The van der Waals surface area contributed by atoms with Gasteiger partial charge >= 0.3 is 5.97 Å². The first-order valence-corrected chi connectivity index (χ1v) is 10.7. The largest absolute Gasteiger partial charge is 0.495 e. The van der Waals surface area contributed by atoms with E-state index in [1.165, 1.54) is 19.2 Å². The number of carbonyl (C=O) groups is 1. The Hall–Kier alpha value is -1.80. The summed E-state index contributed by atoms with van der Waals surface area (Å²) in [6, 6.07) is 8.88. The van der Waals surface area contributed by atoms with E-state index in [9.17, 15) is 13.2 Å². The van der Waals surface area contributed by atoms with Gasteiger partial charge in [-0.2, -0.15) is 0 Å². The van der Waals surface area contributed by atoms with E-state index < -0.39 is 22.0 Å². The molecule has 0 saturated heterocycles. The Bertz CT molecular complexity index is 946. The van der Waals surface area contributed by atoms with Crippen LogP contribution in [-0.4, -0.2) is 28.1 Å². The summed E-state index contributed by atoms with van der Waals surface area (Å²) in [7, 11) is -2.69. The molecule has 2 aromatic carbocycles.